The number of hydrogen-bond donors (Lipinski definition) is 3. The lowest BCUT2D eigenvalue weighted by Crippen LogP contribution is -2.42. The Bertz CT molecular complexity index is 459. The molecule has 16 heavy (non-hydrogen) atoms. The maximum absolute atomic E-state index is 10.9. The van der Waals surface area contributed by atoms with Gasteiger partial charge in [0.1, 0.15) is 11.8 Å². The third-order valence-electron chi connectivity index (χ3n) is 2.87. The minimum atomic E-state index is -0.827. The Labute approximate surface area is 107 Å². The zero-order chi connectivity index (χ0) is 11.9. The first-order valence-electron chi connectivity index (χ1n) is 4.96. The monoisotopic (exact) mass is 333 g/mol. The van der Waals surface area contributed by atoms with Crippen LogP contribution in [-0.4, -0.2) is 22.2 Å². The largest absolute Gasteiger partial charge is 0.507 e. The minimum Gasteiger partial charge on any atom is -0.507 e. The number of aromatic hydroxyl groups is 1. The average Bonchev–Trinajstić information content (AvgIpc) is 2.25. The van der Waals surface area contributed by atoms with Crippen LogP contribution in [0.5, 0.6) is 5.75 Å². The third kappa shape index (κ3) is 1.89. The predicted molar refractivity (Wildman–Crippen MR) is 67.5 cm³/mol. The molecule has 3 N–H and O–H groups in total. The van der Waals surface area contributed by atoms with Gasteiger partial charge in [-0.2, -0.15) is 0 Å². The van der Waals surface area contributed by atoms with Gasteiger partial charge in [-0.05, 0) is 52.6 Å². The smallest absolute Gasteiger partial charge is 0.321 e. The lowest BCUT2D eigenvalue weighted by Gasteiger charge is -2.25. The molecule has 0 fully saturated rings. The number of hydrogen-bond acceptors (Lipinski definition) is 3. The number of fused-ring (bicyclic) bond motifs is 1. The van der Waals surface area contributed by atoms with Crippen LogP contribution >= 0.6 is 22.6 Å². The first-order valence-corrected chi connectivity index (χ1v) is 6.04. The lowest BCUT2D eigenvalue weighted by atomic mass is 9.94. The topological polar surface area (TPSA) is 69.6 Å². The van der Waals surface area contributed by atoms with Gasteiger partial charge in [0.2, 0.25) is 0 Å². The number of phenols is 1. The summed E-state index contributed by atoms with van der Waals surface area (Å²) in [5, 5.41) is 21.7. The maximum atomic E-state index is 10.9. The van der Waals surface area contributed by atoms with Gasteiger partial charge < -0.3 is 10.2 Å². The van der Waals surface area contributed by atoms with Crippen LogP contribution in [0.3, 0.4) is 0 Å². The minimum absolute atomic E-state index is 0.301. The number of rotatable bonds is 1. The molecule has 86 valence electrons. The normalized spacial score (nSPS) is 19.2. The predicted octanol–water partition coefficient (Wildman–Crippen LogP) is 1.40. The van der Waals surface area contributed by atoms with Crippen LogP contribution in [0.15, 0.2) is 6.07 Å². The molecule has 0 saturated carbocycles. The van der Waals surface area contributed by atoms with Gasteiger partial charge in [-0.3, -0.25) is 10.1 Å². The van der Waals surface area contributed by atoms with E-state index in [0.29, 0.717) is 18.7 Å². The quantitative estimate of drug-likeness (QED) is 0.680. The van der Waals surface area contributed by atoms with E-state index in [4.69, 9.17) is 5.11 Å². The number of phenolic OH excluding ortho intramolecular Hbond substituents is 1. The Morgan fingerprint density at radius 3 is 2.94 bits per heavy atom. The molecule has 1 aromatic rings. The van der Waals surface area contributed by atoms with Crippen molar-refractivity contribution in [1.29, 1.82) is 0 Å². The van der Waals surface area contributed by atoms with E-state index in [1.165, 1.54) is 0 Å². The summed E-state index contributed by atoms with van der Waals surface area (Å²) >= 11 is 2.10. The molecule has 0 radical (unpaired) electrons. The fourth-order valence-corrected chi connectivity index (χ4v) is 2.90. The van der Waals surface area contributed by atoms with E-state index in [2.05, 4.69) is 27.9 Å². The summed E-state index contributed by atoms with van der Waals surface area (Å²) in [6.45, 7) is 2.33. The molecule has 4 nitrogen and oxygen atoms in total. The van der Waals surface area contributed by atoms with Crippen molar-refractivity contribution in [3.63, 3.8) is 0 Å². The van der Waals surface area contributed by atoms with E-state index in [1.807, 2.05) is 13.0 Å². The molecule has 0 unspecified atom stereocenters. The Morgan fingerprint density at radius 2 is 2.31 bits per heavy atom. The summed E-state index contributed by atoms with van der Waals surface area (Å²) in [6, 6.07) is 1.36. The van der Waals surface area contributed by atoms with E-state index >= 15 is 0 Å². The van der Waals surface area contributed by atoms with E-state index in [1.54, 1.807) is 0 Å². The SMILES string of the molecule is Cc1cc2c(c(I)c1O)CN[C@H](C(=O)O)C2. The molecule has 1 atom stereocenters. The number of benzene rings is 1. The van der Waals surface area contributed by atoms with Gasteiger partial charge in [-0.25, -0.2) is 0 Å². The summed E-state index contributed by atoms with van der Waals surface area (Å²) in [5.74, 6) is -0.527. The fraction of sp³-hybridized carbons (Fsp3) is 0.364. The van der Waals surface area contributed by atoms with E-state index in [-0.39, 0.29) is 0 Å². The van der Waals surface area contributed by atoms with Crippen molar-refractivity contribution >= 4 is 28.6 Å². The summed E-state index contributed by atoms with van der Waals surface area (Å²) in [7, 11) is 0. The molecule has 1 aliphatic heterocycles. The molecule has 0 spiro atoms. The first-order chi connectivity index (χ1) is 7.50. The maximum Gasteiger partial charge on any atom is 0.321 e. The van der Waals surface area contributed by atoms with Gasteiger partial charge >= 0.3 is 5.97 Å². The number of carboxylic acids is 1. The fourth-order valence-electron chi connectivity index (χ4n) is 1.94. The lowest BCUT2D eigenvalue weighted by molar-refractivity contribution is -0.139. The number of aryl methyl sites for hydroxylation is 1. The molecular formula is C11H12INO3. The van der Waals surface area contributed by atoms with Crippen LogP contribution in [-0.2, 0) is 17.8 Å². The molecule has 0 saturated heterocycles. The van der Waals surface area contributed by atoms with Crippen LogP contribution < -0.4 is 5.32 Å². The molecule has 1 aromatic carbocycles. The van der Waals surface area contributed by atoms with Crippen molar-refractivity contribution in [3.05, 3.63) is 26.3 Å². The standard InChI is InChI=1S/C11H12INO3/c1-5-2-6-3-8(11(15)16)13-4-7(6)9(12)10(5)14/h2,8,13-14H,3-4H2,1H3,(H,15,16)/t8-/m0/s1. The van der Waals surface area contributed by atoms with E-state index < -0.39 is 12.0 Å². The Balaban J connectivity index is 2.44. The van der Waals surface area contributed by atoms with Crippen molar-refractivity contribution in [3.8, 4) is 5.75 Å². The van der Waals surface area contributed by atoms with Crippen LogP contribution in [0.2, 0.25) is 0 Å². The molecule has 1 heterocycles. The highest BCUT2D eigenvalue weighted by molar-refractivity contribution is 14.1. The number of halogens is 1. The van der Waals surface area contributed by atoms with Crippen molar-refractivity contribution in [2.45, 2.75) is 25.9 Å². The van der Waals surface area contributed by atoms with Gasteiger partial charge in [-0.1, -0.05) is 6.07 Å². The molecule has 5 heteroatoms. The highest BCUT2D eigenvalue weighted by Crippen LogP contribution is 2.32. The summed E-state index contributed by atoms with van der Waals surface area (Å²) in [4.78, 5) is 10.9. The second kappa shape index (κ2) is 4.21. The van der Waals surface area contributed by atoms with Crippen molar-refractivity contribution in [2.75, 3.05) is 0 Å². The van der Waals surface area contributed by atoms with Crippen LogP contribution in [0.4, 0.5) is 0 Å². The zero-order valence-electron chi connectivity index (χ0n) is 8.75. The molecule has 1 aliphatic rings. The molecular weight excluding hydrogens is 321 g/mol. The van der Waals surface area contributed by atoms with E-state index in [0.717, 1.165) is 20.3 Å². The Kier molecular flexibility index (Phi) is 3.07. The van der Waals surface area contributed by atoms with Gasteiger partial charge in [0.15, 0.2) is 0 Å². The van der Waals surface area contributed by atoms with Gasteiger partial charge in [-0.15, -0.1) is 0 Å². The molecule has 2 rings (SSSR count). The van der Waals surface area contributed by atoms with Gasteiger partial charge in [0.05, 0.1) is 3.57 Å². The molecule has 0 aliphatic carbocycles. The van der Waals surface area contributed by atoms with Crippen molar-refractivity contribution in [2.24, 2.45) is 0 Å². The molecule has 0 aromatic heterocycles. The number of aliphatic carboxylic acids is 1. The van der Waals surface area contributed by atoms with Gasteiger partial charge in [0.25, 0.3) is 0 Å². The number of nitrogens with one attached hydrogen (secondary N) is 1. The zero-order valence-corrected chi connectivity index (χ0v) is 10.9. The third-order valence-corrected chi connectivity index (χ3v) is 4.03. The van der Waals surface area contributed by atoms with Crippen LogP contribution in [0.25, 0.3) is 0 Å². The second-order valence-electron chi connectivity index (χ2n) is 3.97. The van der Waals surface area contributed by atoms with Crippen LogP contribution in [0.1, 0.15) is 16.7 Å². The number of carboxylic acid groups (broad SMARTS) is 1. The summed E-state index contributed by atoms with van der Waals surface area (Å²) in [6.07, 6.45) is 0.474. The summed E-state index contributed by atoms with van der Waals surface area (Å²) in [5.41, 5.74) is 2.83. The van der Waals surface area contributed by atoms with Gasteiger partial charge in [0, 0.05) is 6.54 Å². The highest BCUT2D eigenvalue weighted by atomic mass is 127. The summed E-state index contributed by atoms with van der Waals surface area (Å²) < 4.78 is 0.823. The Hall–Kier alpha value is -0.820. The van der Waals surface area contributed by atoms with E-state index in [9.17, 15) is 9.90 Å². The molecule has 0 amide bonds. The Morgan fingerprint density at radius 1 is 1.62 bits per heavy atom. The molecule has 0 bridgehead atoms. The average molecular weight is 333 g/mol. The second-order valence-corrected chi connectivity index (χ2v) is 5.05. The highest BCUT2D eigenvalue weighted by Gasteiger charge is 2.26. The number of carbonyl (C=O) groups is 1. The van der Waals surface area contributed by atoms with Crippen molar-refractivity contribution < 1.29 is 15.0 Å². The first kappa shape index (κ1) is 11.7. The van der Waals surface area contributed by atoms with Crippen LogP contribution in [0, 0.1) is 10.5 Å². The van der Waals surface area contributed by atoms with Crippen molar-refractivity contribution in [1.82, 2.24) is 5.32 Å².